The van der Waals surface area contributed by atoms with E-state index < -0.39 is 35.2 Å². The molecule has 0 unspecified atom stereocenters. The molecule has 1 aromatic rings. The van der Waals surface area contributed by atoms with Crippen molar-refractivity contribution in [2.45, 2.75) is 30.8 Å². The van der Waals surface area contributed by atoms with Gasteiger partial charge >= 0.3 is 5.97 Å². The number of benzene rings is 1. The molecular formula is C17H16N4O5S. The summed E-state index contributed by atoms with van der Waals surface area (Å²) >= 11 is 1.23. The van der Waals surface area contributed by atoms with Crippen LogP contribution in [0.3, 0.4) is 0 Å². The molecule has 10 heteroatoms. The molecule has 140 valence electrons. The Labute approximate surface area is 157 Å². The van der Waals surface area contributed by atoms with Crippen LogP contribution in [-0.4, -0.2) is 50.5 Å². The number of aliphatic imine (C=N–C) groups is 1. The van der Waals surface area contributed by atoms with Crippen LogP contribution < -0.4 is 11.1 Å². The summed E-state index contributed by atoms with van der Waals surface area (Å²) in [5.41, 5.74) is 7.66. The van der Waals surface area contributed by atoms with Gasteiger partial charge in [-0.2, -0.15) is 0 Å². The van der Waals surface area contributed by atoms with Gasteiger partial charge in [0.25, 0.3) is 5.91 Å². The van der Waals surface area contributed by atoms with Gasteiger partial charge in [-0.05, 0) is 24.1 Å². The van der Waals surface area contributed by atoms with Crippen LogP contribution in [0.1, 0.15) is 24.1 Å². The second kappa shape index (κ2) is 6.10. The van der Waals surface area contributed by atoms with Crippen molar-refractivity contribution in [3.63, 3.8) is 0 Å². The van der Waals surface area contributed by atoms with Gasteiger partial charge < -0.3 is 21.3 Å². The van der Waals surface area contributed by atoms with Gasteiger partial charge in [-0.25, -0.2) is 4.79 Å². The lowest BCUT2D eigenvalue weighted by Gasteiger charge is -2.42. The number of amides is 2. The number of nitrogens with one attached hydrogen (secondary N) is 1. The van der Waals surface area contributed by atoms with Crippen molar-refractivity contribution in [2.75, 3.05) is 0 Å². The van der Waals surface area contributed by atoms with E-state index in [1.807, 2.05) is 0 Å². The highest BCUT2D eigenvalue weighted by Gasteiger charge is 2.56. The normalized spacial score (nSPS) is 23.8. The van der Waals surface area contributed by atoms with Crippen molar-refractivity contribution in [1.29, 1.82) is 0 Å². The molecule has 0 spiro atoms. The van der Waals surface area contributed by atoms with Crippen molar-refractivity contribution in [2.24, 2.45) is 10.7 Å². The molecule has 5 N–H and O–H groups in total. The Balaban J connectivity index is 1.50. The lowest BCUT2D eigenvalue weighted by molar-refractivity contribution is -0.150. The maximum atomic E-state index is 12.6. The standard InChI is InChI=1S/C17H16N4O5S/c1-6-13(17(25)26)21-15(24)12(16(21)27-6)20-14(23)10(18)7-2-3-9(22)11-8(7)4-5-19-11/h2-3,5,10,12,16,22H,4,18H2,1H3,(H,20,23)(H,25,26)/t10-,12-,16-/m1/s1. The smallest absolute Gasteiger partial charge is 0.353 e. The van der Waals surface area contributed by atoms with E-state index in [2.05, 4.69) is 10.3 Å². The molecule has 3 aliphatic rings. The van der Waals surface area contributed by atoms with E-state index >= 15 is 0 Å². The minimum atomic E-state index is -1.17. The topological polar surface area (TPSA) is 145 Å². The highest BCUT2D eigenvalue weighted by atomic mass is 32.2. The fourth-order valence-corrected chi connectivity index (χ4v) is 4.81. The molecule has 0 aromatic heterocycles. The van der Waals surface area contributed by atoms with E-state index in [0.29, 0.717) is 28.1 Å². The molecule has 1 aromatic carbocycles. The van der Waals surface area contributed by atoms with Crippen LogP contribution >= 0.6 is 11.8 Å². The lowest BCUT2D eigenvalue weighted by atomic mass is 9.96. The average Bonchev–Trinajstić information content (AvgIpc) is 3.23. The van der Waals surface area contributed by atoms with Crippen LogP contribution in [0, 0.1) is 0 Å². The summed E-state index contributed by atoms with van der Waals surface area (Å²) in [5.74, 6) is -2.17. The Morgan fingerprint density at radius 3 is 2.89 bits per heavy atom. The third kappa shape index (κ3) is 2.52. The molecule has 4 rings (SSSR count). The quantitative estimate of drug-likeness (QED) is 0.545. The summed E-state index contributed by atoms with van der Waals surface area (Å²) in [7, 11) is 0. The number of nitrogens with zero attached hydrogens (tertiary/aromatic N) is 2. The van der Waals surface area contributed by atoms with E-state index in [1.54, 1.807) is 19.2 Å². The fraction of sp³-hybridized carbons (Fsp3) is 0.294. The number of allylic oxidation sites excluding steroid dienone is 1. The van der Waals surface area contributed by atoms with Crippen LogP contribution in [-0.2, 0) is 20.8 Å². The molecule has 3 heterocycles. The number of β-lactam (4-membered cyclic amide) rings is 1. The minimum absolute atomic E-state index is 0.0185. The van der Waals surface area contributed by atoms with Gasteiger partial charge in [0.1, 0.15) is 34.6 Å². The number of aromatic hydroxyl groups is 1. The van der Waals surface area contributed by atoms with Gasteiger partial charge in [0.2, 0.25) is 5.91 Å². The molecule has 3 atom stereocenters. The summed E-state index contributed by atoms with van der Waals surface area (Å²) in [6.07, 6.45) is 2.09. The number of carbonyl (C=O) groups is 3. The van der Waals surface area contributed by atoms with Crippen molar-refractivity contribution < 1.29 is 24.6 Å². The highest BCUT2D eigenvalue weighted by molar-refractivity contribution is 8.04. The third-order valence-corrected chi connectivity index (χ3v) is 6.12. The van der Waals surface area contributed by atoms with Crippen LogP contribution in [0.2, 0.25) is 0 Å². The molecule has 1 saturated heterocycles. The Morgan fingerprint density at radius 1 is 1.44 bits per heavy atom. The molecule has 1 fully saturated rings. The number of phenolic OH excluding ortho intramolecular Hbond substituents is 1. The lowest BCUT2D eigenvalue weighted by Crippen LogP contribution is -2.68. The van der Waals surface area contributed by atoms with Crippen LogP contribution in [0.15, 0.2) is 27.7 Å². The Hall–Kier alpha value is -2.85. The number of hydrogen-bond donors (Lipinski definition) is 4. The minimum Gasteiger partial charge on any atom is -0.506 e. The van der Waals surface area contributed by atoms with E-state index in [9.17, 15) is 24.6 Å². The maximum Gasteiger partial charge on any atom is 0.353 e. The van der Waals surface area contributed by atoms with Crippen LogP contribution in [0.25, 0.3) is 0 Å². The number of carbonyl (C=O) groups excluding carboxylic acids is 2. The Morgan fingerprint density at radius 2 is 2.19 bits per heavy atom. The fourth-order valence-electron chi connectivity index (χ4n) is 3.52. The Kier molecular flexibility index (Phi) is 3.97. The number of carboxylic acids is 1. The van der Waals surface area contributed by atoms with Gasteiger partial charge in [0.15, 0.2) is 0 Å². The molecule has 0 radical (unpaired) electrons. The second-order valence-corrected chi connectivity index (χ2v) is 7.74. The molecule has 3 aliphatic heterocycles. The molecule has 0 saturated carbocycles. The summed E-state index contributed by atoms with van der Waals surface area (Å²) in [6.45, 7) is 1.63. The number of nitrogens with two attached hydrogens (primary N) is 1. The maximum absolute atomic E-state index is 12.6. The van der Waals surface area contributed by atoms with E-state index in [-0.39, 0.29) is 11.4 Å². The zero-order chi connectivity index (χ0) is 19.5. The molecule has 0 aliphatic carbocycles. The summed E-state index contributed by atoms with van der Waals surface area (Å²) in [6, 6.07) is 1.13. The number of phenols is 1. The van der Waals surface area contributed by atoms with Crippen molar-refractivity contribution >= 4 is 41.4 Å². The first-order valence-electron chi connectivity index (χ1n) is 8.18. The molecular weight excluding hydrogens is 372 g/mol. The van der Waals surface area contributed by atoms with Gasteiger partial charge in [-0.3, -0.25) is 19.5 Å². The zero-order valence-corrected chi connectivity index (χ0v) is 15.0. The number of rotatable bonds is 4. The second-order valence-electron chi connectivity index (χ2n) is 6.41. The van der Waals surface area contributed by atoms with Crippen LogP contribution in [0.4, 0.5) is 5.69 Å². The first-order valence-corrected chi connectivity index (χ1v) is 9.06. The van der Waals surface area contributed by atoms with Gasteiger partial charge in [0, 0.05) is 17.5 Å². The summed E-state index contributed by atoms with van der Waals surface area (Å²) < 4.78 is 0. The van der Waals surface area contributed by atoms with Crippen molar-refractivity contribution in [3.8, 4) is 5.75 Å². The summed E-state index contributed by atoms with van der Waals surface area (Å²) in [4.78, 5) is 42.1. The number of thioether (sulfide) groups is 1. The largest absolute Gasteiger partial charge is 0.506 e. The van der Waals surface area contributed by atoms with Crippen molar-refractivity contribution in [3.05, 3.63) is 33.9 Å². The number of fused-ring (bicyclic) bond motifs is 2. The number of hydrogen-bond acceptors (Lipinski definition) is 7. The first-order chi connectivity index (χ1) is 12.8. The molecule has 0 bridgehead atoms. The SMILES string of the molecule is CC1=C(C(=O)O)N2C(=O)[C@@H](NC(=O)[C@H](N)c3ccc(O)c4c3CC=N4)[C@H]2S1. The Bertz CT molecular complexity index is 957. The number of carboxylic acid groups (broad SMARTS) is 1. The average molecular weight is 388 g/mol. The van der Waals surface area contributed by atoms with Gasteiger partial charge in [-0.15, -0.1) is 11.8 Å². The first kappa shape index (κ1) is 17.6. The predicted octanol–water partition coefficient (Wildman–Crippen LogP) is 0.366. The van der Waals surface area contributed by atoms with E-state index in [0.717, 1.165) is 0 Å². The molecule has 27 heavy (non-hydrogen) atoms. The van der Waals surface area contributed by atoms with E-state index in [4.69, 9.17) is 5.73 Å². The highest BCUT2D eigenvalue weighted by Crippen LogP contribution is 2.46. The molecule has 9 nitrogen and oxygen atoms in total. The monoisotopic (exact) mass is 388 g/mol. The van der Waals surface area contributed by atoms with Crippen molar-refractivity contribution in [1.82, 2.24) is 10.2 Å². The van der Waals surface area contributed by atoms with Crippen LogP contribution in [0.5, 0.6) is 5.75 Å². The van der Waals surface area contributed by atoms with E-state index in [1.165, 1.54) is 22.7 Å². The van der Waals surface area contributed by atoms with Gasteiger partial charge in [0.05, 0.1) is 0 Å². The van der Waals surface area contributed by atoms with Gasteiger partial charge in [-0.1, -0.05) is 6.07 Å². The predicted molar refractivity (Wildman–Crippen MR) is 97.4 cm³/mol. The summed E-state index contributed by atoms with van der Waals surface area (Å²) in [5, 5.41) is 21.2. The number of aliphatic carboxylic acids is 1. The third-order valence-electron chi connectivity index (χ3n) is 4.85. The molecule has 2 amide bonds. The zero-order valence-electron chi connectivity index (χ0n) is 14.2.